The largest absolute Gasteiger partial charge is 0.497 e. The molecule has 2 aromatic carbocycles. The van der Waals surface area contributed by atoms with Gasteiger partial charge in [0, 0.05) is 11.1 Å². The summed E-state index contributed by atoms with van der Waals surface area (Å²) in [5, 5.41) is 2.45. The number of imide groups is 1. The van der Waals surface area contributed by atoms with Crippen LogP contribution >= 0.6 is 0 Å². The van der Waals surface area contributed by atoms with E-state index in [1.54, 1.807) is 55.6 Å². The number of rotatable bonds is 6. The molecule has 0 saturated carbocycles. The molecular weight excluding hydrogens is 344 g/mol. The Balaban J connectivity index is 1.63. The molecule has 0 radical (unpaired) electrons. The van der Waals surface area contributed by atoms with Gasteiger partial charge in [0.2, 0.25) is 5.91 Å². The van der Waals surface area contributed by atoms with Crippen LogP contribution in [0.5, 0.6) is 5.75 Å². The molecule has 2 aromatic rings. The van der Waals surface area contributed by atoms with Crippen LogP contribution in [0, 0.1) is 0 Å². The molecule has 6 heteroatoms. The minimum absolute atomic E-state index is 0.0806. The highest BCUT2D eigenvalue weighted by molar-refractivity contribution is 6.06. The van der Waals surface area contributed by atoms with Gasteiger partial charge < -0.3 is 4.74 Å². The van der Waals surface area contributed by atoms with Crippen LogP contribution in [0.1, 0.15) is 33.6 Å². The zero-order chi connectivity index (χ0) is 19.2. The molecule has 1 aliphatic heterocycles. The molecule has 6 nitrogen and oxygen atoms in total. The summed E-state index contributed by atoms with van der Waals surface area (Å²) in [6.45, 7) is 0.776. The number of nitrogens with one attached hydrogen (secondary N) is 1. The molecule has 1 heterocycles. The van der Waals surface area contributed by atoms with Crippen molar-refractivity contribution in [2.75, 3.05) is 20.2 Å². The van der Waals surface area contributed by atoms with Crippen molar-refractivity contribution in [1.29, 1.82) is 0 Å². The van der Waals surface area contributed by atoms with E-state index in [9.17, 15) is 14.4 Å². The van der Waals surface area contributed by atoms with E-state index in [0.717, 1.165) is 6.42 Å². The second-order valence-corrected chi connectivity index (χ2v) is 6.47. The molecule has 3 rings (SSSR count). The topological polar surface area (TPSA) is 75.7 Å². The average molecular weight is 366 g/mol. The molecule has 1 aliphatic rings. The smallest absolute Gasteiger partial charge is 0.257 e. The fourth-order valence-corrected chi connectivity index (χ4v) is 3.24. The molecule has 0 spiro atoms. The Morgan fingerprint density at radius 1 is 1.07 bits per heavy atom. The Morgan fingerprint density at radius 2 is 1.81 bits per heavy atom. The molecule has 0 unspecified atom stereocenters. The SMILES string of the molecule is COc1cccc(C(=O)CN2CCC[C@H]2C(=O)NC(=O)c2ccccc2)c1. The highest BCUT2D eigenvalue weighted by atomic mass is 16.5. The van der Waals surface area contributed by atoms with E-state index >= 15 is 0 Å². The minimum atomic E-state index is -0.479. The molecular formula is C21H22N2O4. The molecule has 140 valence electrons. The van der Waals surface area contributed by atoms with E-state index in [1.807, 2.05) is 11.0 Å². The van der Waals surface area contributed by atoms with E-state index in [4.69, 9.17) is 4.74 Å². The summed E-state index contributed by atoms with van der Waals surface area (Å²) in [6.07, 6.45) is 1.43. The number of likely N-dealkylation sites (tertiary alicyclic amines) is 1. The van der Waals surface area contributed by atoms with Gasteiger partial charge in [-0.2, -0.15) is 0 Å². The maximum Gasteiger partial charge on any atom is 0.257 e. The number of ketones is 1. The number of nitrogens with zero attached hydrogens (tertiary/aromatic N) is 1. The number of hydrogen-bond acceptors (Lipinski definition) is 5. The van der Waals surface area contributed by atoms with Crippen LogP contribution in [0.25, 0.3) is 0 Å². The van der Waals surface area contributed by atoms with E-state index in [0.29, 0.717) is 29.8 Å². The second kappa shape index (κ2) is 8.60. The first kappa shape index (κ1) is 18.8. The van der Waals surface area contributed by atoms with Crippen molar-refractivity contribution >= 4 is 17.6 Å². The van der Waals surface area contributed by atoms with Crippen LogP contribution in [0.3, 0.4) is 0 Å². The highest BCUT2D eigenvalue weighted by Crippen LogP contribution is 2.19. The van der Waals surface area contributed by atoms with Gasteiger partial charge in [0.05, 0.1) is 19.7 Å². The van der Waals surface area contributed by atoms with Gasteiger partial charge >= 0.3 is 0 Å². The summed E-state index contributed by atoms with van der Waals surface area (Å²) < 4.78 is 5.15. The van der Waals surface area contributed by atoms with Crippen LogP contribution in [-0.2, 0) is 4.79 Å². The number of hydrogen-bond donors (Lipinski definition) is 1. The lowest BCUT2D eigenvalue weighted by Crippen LogP contribution is -2.46. The van der Waals surface area contributed by atoms with Gasteiger partial charge in [-0.1, -0.05) is 30.3 Å². The first-order valence-corrected chi connectivity index (χ1v) is 8.90. The number of carbonyl (C=O) groups excluding carboxylic acids is 3. The Labute approximate surface area is 158 Å². The fraction of sp³-hybridized carbons (Fsp3) is 0.286. The van der Waals surface area contributed by atoms with Gasteiger partial charge in [-0.3, -0.25) is 24.6 Å². The first-order valence-electron chi connectivity index (χ1n) is 8.90. The molecule has 27 heavy (non-hydrogen) atoms. The predicted molar refractivity (Wildman–Crippen MR) is 101 cm³/mol. The number of ether oxygens (including phenoxy) is 1. The van der Waals surface area contributed by atoms with Crippen LogP contribution in [0.4, 0.5) is 0 Å². The van der Waals surface area contributed by atoms with Gasteiger partial charge in [-0.15, -0.1) is 0 Å². The van der Waals surface area contributed by atoms with Gasteiger partial charge in [0.15, 0.2) is 5.78 Å². The summed E-state index contributed by atoms with van der Waals surface area (Å²) >= 11 is 0. The third-order valence-electron chi connectivity index (χ3n) is 4.68. The van der Waals surface area contributed by atoms with E-state index in [2.05, 4.69) is 5.32 Å². The summed E-state index contributed by atoms with van der Waals surface area (Å²) in [5.41, 5.74) is 0.976. The summed E-state index contributed by atoms with van der Waals surface area (Å²) in [4.78, 5) is 39.2. The Morgan fingerprint density at radius 3 is 2.56 bits per heavy atom. The summed E-state index contributed by atoms with van der Waals surface area (Å²) in [6, 6.07) is 15.1. The third kappa shape index (κ3) is 4.60. The van der Waals surface area contributed by atoms with Crippen LogP contribution in [0.15, 0.2) is 54.6 Å². The molecule has 0 bridgehead atoms. The molecule has 1 atom stereocenters. The van der Waals surface area contributed by atoms with E-state index < -0.39 is 11.9 Å². The molecule has 1 saturated heterocycles. The number of methoxy groups -OCH3 is 1. The monoisotopic (exact) mass is 366 g/mol. The normalized spacial score (nSPS) is 16.7. The Hall–Kier alpha value is -2.99. The van der Waals surface area contributed by atoms with Crippen molar-refractivity contribution in [3.8, 4) is 5.75 Å². The average Bonchev–Trinajstić information content (AvgIpc) is 3.16. The van der Waals surface area contributed by atoms with Gasteiger partial charge in [0.25, 0.3) is 5.91 Å². The lowest BCUT2D eigenvalue weighted by Gasteiger charge is -2.22. The minimum Gasteiger partial charge on any atom is -0.497 e. The predicted octanol–water partition coefficient (Wildman–Crippen LogP) is 2.30. The van der Waals surface area contributed by atoms with Crippen molar-refractivity contribution in [2.45, 2.75) is 18.9 Å². The van der Waals surface area contributed by atoms with E-state index in [1.165, 1.54) is 0 Å². The molecule has 2 amide bonds. The Bertz CT molecular complexity index is 835. The van der Waals surface area contributed by atoms with Crippen molar-refractivity contribution in [2.24, 2.45) is 0 Å². The van der Waals surface area contributed by atoms with Gasteiger partial charge in [-0.05, 0) is 43.7 Å². The lowest BCUT2D eigenvalue weighted by atomic mass is 10.1. The van der Waals surface area contributed by atoms with Crippen molar-refractivity contribution < 1.29 is 19.1 Å². The van der Waals surface area contributed by atoms with E-state index in [-0.39, 0.29) is 18.2 Å². The summed E-state index contributed by atoms with van der Waals surface area (Å²) in [5.74, 6) is -0.251. The summed E-state index contributed by atoms with van der Waals surface area (Å²) in [7, 11) is 1.55. The molecule has 1 N–H and O–H groups in total. The lowest BCUT2D eigenvalue weighted by molar-refractivity contribution is -0.124. The van der Waals surface area contributed by atoms with Crippen molar-refractivity contribution in [1.82, 2.24) is 10.2 Å². The Kier molecular flexibility index (Phi) is 5.98. The number of benzene rings is 2. The quantitative estimate of drug-likeness (QED) is 0.627. The van der Waals surface area contributed by atoms with Crippen LogP contribution < -0.4 is 10.1 Å². The number of carbonyl (C=O) groups is 3. The highest BCUT2D eigenvalue weighted by Gasteiger charge is 2.33. The van der Waals surface area contributed by atoms with Crippen LogP contribution in [0.2, 0.25) is 0 Å². The zero-order valence-electron chi connectivity index (χ0n) is 15.2. The van der Waals surface area contributed by atoms with Crippen LogP contribution in [-0.4, -0.2) is 48.7 Å². The number of amides is 2. The molecule has 0 aliphatic carbocycles. The van der Waals surface area contributed by atoms with Crippen molar-refractivity contribution in [3.63, 3.8) is 0 Å². The number of Topliss-reactive ketones (excluding diaryl/α,β-unsaturated/α-hetero) is 1. The maximum absolute atomic E-state index is 12.6. The molecule has 1 fully saturated rings. The maximum atomic E-state index is 12.6. The fourth-order valence-electron chi connectivity index (χ4n) is 3.24. The van der Waals surface area contributed by atoms with Gasteiger partial charge in [0.1, 0.15) is 5.75 Å². The third-order valence-corrected chi connectivity index (χ3v) is 4.68. The standard InChI is InChI=1S/C21H22N2O4/c1-27-17-10-5-9-16(13-17)19(24)14-23-12-6-11-18(23)21(26)22-20(25)15-7-3-2-4-8-15/h2-5,7-10,13,18H,6,11-12,14H2,1H3,(H,22,25,26)/t18-/m0/s1. The second-order valence-electron chi connectivity index (χ2n) is 6.47. The van der Waals surface area contributed by atoms with Gasteiger partial charge in [-0.25, -0.2) is 0 Å². The first-order chi connectivity index (χ1) is 13.1. The zero-order valence-corrected chi connectivity index (χ0v) is 15.2. The molecule has 0 aromatic heterocycles. The van der Waals surface area contributed by atoms with Crippen molar-refractivity contribution in [3.05, 3.63) is 65.7 Å².